The van der Waals surface area contributed by atoms with Crippen LogP contribution >= 0.6 is 11.3 Å². The lowest BCUT2D eigenvalue weighted by Gasteiger charge is -2.15. The number of ether oxygens (including phenoxy) is 1. The fourth-order valence-corrected chi connectivity index (χ4v) is 3.17. The summed E-state index contributed by atoms with van der Waals surface area (Å²) in [6.45, 7) is 1.94. The summed E-state index contributed by atoms with van der Waals surface area (Å²) in [4.78, 5) is 26.3. The molecule has 2 aromatic rings. The first-order valence-electron chi connectivity index (χ1n) is 7.25. The Morgan fingerprint density at radius 2 is 2.00 bits per heavy atom. The number of thiophene rings is 1. The van der Waals surface area contributed by atoms with Gasteiger partial charge in [-0.25, -0.2) is 4.79 Å². The first kappa shape index (κ1) is 15.4. The maximum absolute atomic E-state index is 12.2. The van der Waals surface area contributed by atoms with E-state index in [0.29, 0.717) is 10.6 Å². The molecule has 1 aliphatic rings. The van der Waals surface area contributed by atoms with Gasteiger partial charge in [0, 0.05) is 13.1 Å². The molecule has 0 atom stereocenters. The Bertz CT molecular complexity index is 708. The number of methoxy groups -OCH3 is 1. The van der Waals surface area contributed by atoms with Gasteiger partial charge in [0.05, 0.1) is 12.8 Å². The van der Waals surface area contributed by atoms with E-state index in [-0.39, 0.29) is 5.69 Å². The molecule has 8 heteroatoms. The van der Waals surface area contributed by atoms with Crippen molar-refractivity contribution < 1.29 is 14.3 Å². The largest absolute Gasteiger partial charge is 0.465 e. The van der Waals surface area contributed by atoms with E-state index < -0.39 is 11.9 Å². The van der Waals surface area contributed by atoms with Crippen molar-refractivity contribution in [2.75, 3.05) is 30.4 Å². The van der Waals surface area contributed by atoms with Crippen LogP contribution in [0.1, 0.15) is 33.0 Å². The molecule has 1 N–H and O–H groups in total. The lowest BCUT2D eigenvalue weighted by atomic mass is 10.3. The quantitative estimate of drug-likeness (QED) is 0.864. The molecule has 23 heavy (non-hydrogen) atoms. The minimum atomic E-state index is -0.481. The number of carbonyl (C=O) groups is 2. The Labute approximate surface area is 137 Å². The summed E-state index contributed by atoms with van der Waals surface area (Å²) in [5.41, 5.74) is 0.618. The topological polar surface area (TPSA) is 84.4 Å². The van der Waals surface area contributed by atoms with E-state index in [1.807, 2.05) is 0 Å². The van der Waals surface area contributed by atoms with Gasteiger partial charge in [-0.2, -0.15) is 0 Å². The number of rotatable bonds is 4. The zero-order valence-electron chi connectivity index (χ0n) is 12.6. The van der Waals surface area contributed by atoms with Crippen molar-refractivity contribution in [3.05, 3.63) is 34.2 Å². The van der Waals surface area contributed by atoms with Crippen LogP contribution in [0.5, 0.6) is 0 Å². The van der Waals surface area contributed by atoms with E-state index in [2.05, 4.69) is 25.2 Å². The zero-order chi connectivity index (χ0) is 16.2. The third-order valence-corrected chi connectivity index (χ3v) is 4.49. The van der Waals surface area contributed by atoms with Crippen molar-refractivity contribution in [2.45, 2.75) is 12.8 Å². The summed E-state index contributed by atoms with van der Waals surface area (Å²) < 4.78 is 4.68. The van der Waals surface area contributed by atoms with Gasteiger partial charge in [-0.1, -0.05) is 0 Å². The summed E-state index contributed by atoms with van der Waals surface area (Å²) in [5, 5.41) is 12.5. The second-order valence-electron chi connectivity index (χ2n) is 5.08. The van der Waals surface area contributed by atoms with Gasteiger partial charge in [-0.3, -0.25) is 4.79 Å². The maximum Gasteiger partial charge on any atom is 0.350 e. The Balaban J connectivity index is 1.71. The smallest absolute Gasteiger partial charge is 0.350 e. The lowest BCUT2D eigenvalue weighted by molar-refractivity contribution is 0.0607. The number of hydrogen-bond acceptors (Lipinski definition) is 7. The highest BCUT2D eigenvalue weighted by atomic mass is 32.1. The Morgan fingerprint density at radius 3 is 2.65 bits per heavy atom. The lowest BCUT2D eigenvalue weighted by Crippen LogP contribution is -2.21. The van der Waals surface area contributed by atoms with E-state index in [9.17, 15) is 9.59 Å². The van der Waals surface area contributed by atoms with Gasteiger partial charge >= 0.3 is 5.97 Å². The van der Waals surface area contributed by atoms with Crippen LogP contribution in [0, 0.1) is 0 Å². The maximum atomic E-state index is 12.2. The molecule has 0 aliphatic carbocycles. The molecule has 1 fully saturated rings. The molecule has 3 heterocycles. The highest BCUT2D eigenvalue weighted by molar-refractivity contribution is 7.12. The molecule has 3 rings (SSSR count). The fourth-order valence-electron chi connectivity index (χ4n) is 2.41. The van der Waals surface area contributed by atoms with E-state index in [0.717, 1.165) is 31.7 Å². The molecule has 0 saturated carbocycles. The monoisotopic (exact) mass is 332 g/mol. The Kier molecular flexibility index (Phi) is 4.52. The van der Waals surface area contributed by atoms with Gasteiger partial charge in [0.25, 0.3) is 5.91 Å². The second-order valence-corrected chi connectivity index (χ2v) is 6.00. The minimum Gasteiger partial charge on any atom is -0.465 e. The van der Waals surface area contributed by atoms with Gasteiger partial charge in [0.15, 0.2) is 11.5 Å². The summed E-state index contributed by atoms with van der Waals surface area (Å²) in [5.74, 6) is -0.107. The number of anilines is 2. The van der Waals surface area contributed by atoms with Crippen molar-refractivity contribution in [2.24, 2.45) is 0 Å². The van der Waals surface area contributed by atoms with Crippen LogP contribution in [0.3, 0.4) is 0 Å². The zero-order valence-corrected chi connectivity index (χ0v) is 13.4. The van der Waals surface area contributed by atoms with Crippen molar-refractivity contribution in [1.82, 2.24) is 10.2 Å². The van der Waals surface area contributed by atoms with Crippen LogP contribution in [0.25, 0.3) is 0 Å². The van der Waals surface area contributed by atoms with Crippen molar-refractivity contribution in [1.29, 1.82) is 0 Å². The third kappa shape index (κ3) is 3.31. The second kappa shape index (κ2) is 6.74. The highest BCUT2D eigenvalue weighted by Crippen LogP contribution is 2.23. The third-order valence-electron chi connectivity index (χ3n) is 3.60. The number of amides is 1. The van der Waals surface area contributed by atoms with Crippen LogP contribution in [0.2, 0.25) is 0 Å². The predicted octanol–water partition coefficient (Wildman–Crippen LogP) is 2.18. The fraction of sp³-hybridized carbons (Fsp3) is 0.333. The molecule has 1 amide bonds. The molecule has 0 spiro atoms. The first-order valence-corrected chi connectivity index (χ1v) is 8.13. The molecule has 0 bridgehead atoms. The molecule has 2 aromatic heterocycles. The van der Waals surface area contributed by atoms with E-state index >= 15 is 0 Å². The molecular weight excluding hydrogens is 316 g/mol. The van der Waals surface area contributed by atoms with Gasteiger partial charge in [-0.15, -0.1) is 21.5 Å². The number of nitrogens with zero attached hydrogens (tertiary/aromatic N) is 3. The first-order chi connectivity index (χ1) is 11.2. The van der Waals surface area contributed by atoms with Crippen LogP contribution in [-0.2, 0) is 4.74 Å². The summed E-state index contributed by atoms with van der Waals surface area (Å²) in [6, 6.07) is 5.09. The number of aromatic nitrogens is 2. The Morgan fingerprint density at radius 1 is 1.22 bits per heavy atom. The van der Waals surface area contributed by atoms with Crippen LogP contribution in [0.15, 0.2) is 23.6 Å². The van der Waals surface area contributed by atoms with Gasteiger partial charge < -0.3 is 15.0 Å². The summed E-state index contributed by atoms with van der Waals surface area (Å²) in [7, 11) is 1.30. The van der Waals surface area contributed by atoms with E-state index in [1.54, 1.807) is 23.6 Å². The molecular formula is C15H16N4O3S. The predicted molar refractivity (Wildman–Crippen MR) is 87.1 cm³/mol. The van der Waals surface area contributed by atoms with Crippen molar-refractivity contribution in [3.8, 4) is 0 Å². The van der Waals surface area contributed by atoms with Gasteiger partial charge in [0.2, 0.25) is 0 Å². The molecule has 1 saturated heterocycles. The summed E-state index contributed by atoms with van der Waals surface area (Å²) in [6.07, 6.45) is 2.30. The van der Waals surface area contributed by atoms with Crippen molar-refractivity contribution in [3.63, 3.8) is 0 Å². The average molecular weight is 332 g/mol. The molecule has 7 nitrogen and oxygen atoms in total. The van der Waals surface area contributed by atoms with E-state index in [1.165, 1.54) is 18.4 Å². The Hall–Kier alpha value is -2.48. The van der Waals surface area contributed by atoms with Crippen LogP contribution in [0.4, 0.5) is 11.5 Å². The number of carbonyl (C=O) groups excluding carboxylic acids is 2. The van der Waals surface area contributed by atoms with Crippen LogP contribution < -0.4 is 10.2 Å². The number of esters is 1. The van der Waals surface area contributed by atoms with Crippen molar-refractivity contribution >= 4 is 34.7 Å². The van der Waals surface area contributed by atoms with Gasteiger partial charge in [-0.05, 0) is 36.4 Å². The van der Waals surface area contributed by atoms with Crippen LogP contribution in [-0.4, -0.2) is 42.3 Å². The molecule has 0 aromatic carbocycles. The highest BCUT2D eigenvalue weighted by Gasteiger charge is 2.18. The molecule has 1 aliphatic heterocycles. The number of hydrogen-bond donors (Lipinski definition) is 1. The SMILES string of the molecule is COC(=O)c1sccc1NC(=O)c1ccc(N2CCCC2)nn1. The molecule has 0 unspecified atom stereocenters. The minimum absolute atomic E-state index is 0.204. The normalized spacial score (nSPS) is 13.9. The number of nitrogens with one attached hydrogen (secondary N) is 1. The summed E-state index contributed by atoms with van der Waals surface area (Å²) >= 11 is 1.21. The average Bonchev–Trinajstić information content (AvgIpc) is 3.26. The molecule has 0 radical (unpaired) electrons. The van der Waals surface area contributed by atoms with Gasteiger partial charge in [0.1, 0.15) is 4.88 Å². The molecule has 120 valence electrons. The van der Waals surface area contributed by atoms with E-state index in [4.69, 9.17) is 0 Å². The standard InChI is InChI=1S/C15H16N4O3S/c1-22-15(21)13-10(6-9-23-13)16-14(20)11-4-5-12(18-17-11)19-7-2-3-8-19/h4-6,9H,2-3,7-8H2,1H3,(H,16,20).